The molecule has 0 unspecified atom stereocenters. The standard InChI is InChI=1S/C63H51BN4OS/c1-61(2,3)38-20-23-48-44(28-38)45-29-39(62(4,5)6)31-51-57(45)67(48)52-32-40(63(7,8)9)30-47-59(52)68(51)50-26-35(34-65)25-49-56(50)64(47)60-58(46-27-37(19-24-55(46)70-60)36-15-11-10-12-16-36)66(49)41-21-22-43-42-17-13-14-18-53(42)69-54(43)33-41/h10-33H,1-9H3. The number of furan rings is 1. The second-order valence-corrected chi connectivity index (χ2v) is 24.0. The van der Waals surface area contributed by atoms with Crippen LogP contribution in [0.15, 0.2) is 150 Å². The van der Waals surface area contributed by atoms with E-state index in [1.807, 2.05) is 23.5 Å². The Bertz CT molecular complexity index is 4160. The average Bonchev–Trinajstić information content (AvgIpc) is 4.02. The van der Waals surface area contributed by atoms with Gasteiger partial charge in [0, 0.05) is 59.5 Å². The third kappa shape index (κ3) is 5.66. The van der Waals surface area contributed by atoms with Gasteiger partial charge in [0.05, 0.1) is 45.4 Å². The Kier molecular flexibility index (Phi) is 8.19. The van der Waals surface area contributed by atoms with Gasteiger partial charge in [0.15, 0.2) is 0 Å². The molecule has 338 valence electrons. The number of rotatable bonds is 2. The molecular formula is C63H51BN4OS. The number of hydrogen-bond acceptors (Lipinski definition) is 5. The summed E-state index contributed by atoms with van der Waals surface area (Å²) >= 11 is 1.91. The number of benzene rings is 8. The number of anilines is 6. The van der Waals surface area contributed by atoms with Crippen molar-refractivity contribution in [1.29, 1.82) is 5.26 Å². The second kappa shape index (κ2) is 13.8. The smallest absolute Gasteiger partial charge is 0.264 e. The Hall–Kier alpha value is -7.53. The van der Waals surface area contributed by atoms with E-state index in [2.05, 4.69) is 216 Å². The summed E-state index contributed by atoms with van der Waals surface area (Å²) in [5.74, 6) is 0. The van der Waals surface area contributed by atoms with Gasteiger partial charge in [0.1, 0.15) is 11.2 Å². The van der Waals surface area contributed by atoms with Gasteiger partial charge in [-0.25, -0.2) is 0 Å². The van der Waals surface area contributed by atoms with Gasteiger partial charge in [-0.2, -0.15) is 5.26 Å². The SMILES string of the molecule is CC(C)(C)c1cc2c3c(c1)-n1c4ccc(C(C)(C)C)cc4c4cc(C(C)(C)C)cc(c41)N3c1cc(C#N)cc3c1B2c1sc2ccc(-c4ccccc4)cc2c1N3c1ccc2c(c1)oc1ccccc12. The maximum atomic E-state index is 11.2. The minimum Gasteiger partial charge on any atom is -0.456 e. The van der Waals surface area contributed by atoms with Crippen LogP contribution in [0, 0.1) is 11.3 Å². The van der Waals surface area contributed by atoms with Crippen LogP contribution in [0.5, 0.6) is 0 Å². The number of nitrogens with zero attached hydrogens (tertiary/aromatic N) is 4. The summed E-state index contributed by atoms with van der Waals surface area (Å²) in [4.78, 5) is 5.02. The first-order chi connectivity index (χ1) is 33.5. The van der Waals surface area contributed by atoms with E-state index in [0.29, 0.717) is 5.56 Å². The van der Waals surface area contributed by atoms with Gasteiger partial charge in [-0.05, 0) is 128 Å². The van der Waals surface area contributed by atoms with Gasteiger partial charge in [0.25, 0.3) is 6.71 Å². The lowest BCUT2D eigenvalue weighted by Crippen LogP contribution is -2.61. The Morgan fingerprint density at radius 2 is 1.20 bits per heavy atom. The van der Waals surface area contributed by atoms with Crippen LogP contribution < -0.4 is 25.5 Å². The van der Waals surface area contributed by atoms with Gasteiger partial charge in [0.2, 0.25) is 0 Å². The molecule has 11 aromatic rings. The number of fused-ring (bicyclic) bond motifs is 14. The zero-order valence-corrected chi connectivity index (χ0v) is 41.9. The van der Waals surface area contributed by atoms with Crippen molar-refractivity contribution >= 4 is 122 Å². The Morgan fingerprint density at radius 3 is 1.96 bits per heavy atom. The van der Waals surface area contributed by atoms with Crippen molar-refractivity contribution in [2.75, 3.05) is 9.80 Å². The van der Waals surface area contributed by atoms with Crippen molar-refractivity contribution in [3.8, 4) is 22.9 Å². The summed E-state index contributed by atoms with van der Waals surface area (Å²) in [5.41, 5.74) is 20.9. The minimum atomic E-state index is -0.155. The van der Waals surface area contributed by atoms with E-state index in [-0.39, 0.29) is 23.0 Å². The Morgan fingerprint density at radius 1 is 0.514 bits per heavy atom. The van der Waals surface area contributed by atoms with Gasteiger partial charge in [-0.1, -0.05) is 129 Å². The molecule has 0 aliphatic carbocycles. The molecule has 0 amide bonds. The Balaban J connectivity index is 1.15. The monoisotopic (exact) mass is 922 g/mol. The molecule has 8 aromatic carbocycles. The number of thiophene rings is 1. The van der Waals surface area contributed by atoms with Crippen LogP contribution in [-0.4, -0.2) is 11.3 Å². The maximum Gasteiger partial charge on any atom is 0.264 e. The van der Waals surface area contributed by atoms with Crippen molar-refractivity contribution in [1.82, 2.24) is 4.57 Å². The molecule has 70 heavy (non-hydrogen) atoms. The summed E-state index contributed by atoms with van der Waals surface area (Å²) in [7, 11) is 0. The lowest BCUT2D eigenvalue weighted by molar-refractivity contribution is 0.590. The molecule has 0 spiro atoms. The first-order valence-corrected chi connectivity index (χ1v) is 25.4. The number of para-hydroxylation sites is 1. The molecule has 6 heterocycles. The van der Waals surface area contributed by atoms with E-state index >= 15 is 0 Å². The molecule has 0 radical (unpaired) electrons. The topological polar surface area (TPSA) is 48.3 Å². The van der Waals surface area contributed by atoms with E-state index in [0.717, 1.165) is 50.4 Å². The number of nitriles is 1. The first-order valence-electron chi connectivity index (χ1n) is 24.6. The van der Waals surface area contributed by atoms with Crippen molar-refractivity contribution in [2.45, 2.75) is 78.6 Å². The molecule has 0 fully saturated rings. The van der Waals surface area contributed by atoms with Crippen LogP contribution in [0.3, 0.4) is 0 Å². The quantitative estimate of drug-likeness (QED) is 0.162. The molecule has 0 N–H and O–H groups in total. The highest BCUT2D eigenvalue weighted by atomic mass is 32.1. The summed E-state index contributed by atoms with van der Waals surface area (Å²) in [6.45, 7) is 20.8. The molecule has 3 aliphatic heterocycles. The van der Waals surface area contributed by atoms with Gasteiger partial charge in [-0.15, -0.1) is 11.3 Å². The number of aromatic nitrogens is 1. The van der Waals surface area contributed by atoms with Gasteiger partial charge >= 0.3 is 0 Å². The van der Waals surface area contributed by atoms with Crippen LogP contribution in [0.2, 0.25) is 0 Å². The Labute approximate surface area is 412 Å². The van der Waals surface area contributed by atoms with Crippen molar-refractivity contribution in [3.05, 3.63) is 168 Å². The summed E-state index contributed by atoms with van der Waals surface area (Å²) in [5, 5.41) is 17.1. The average molecular weight is 923 g/mol. The van der Waals surface area contributed by atoms with Crippen LogP contribution in [0.1, 0.15) is 84.6 Å². The van der Waals surface area contributed by atoms with Crippen LogP contribution in [0.4, 0.5) is 34.1 Å². The molecular weight excluding hydrogens is 872 g/mol. The third-order valence-electron chi connectivity index (χ3n) is 15.5. The molecule has 0 saturated carbocycles. The fourth-order valence-electron chi connectivity index (χ4n) is 11.9. The summed E-state index contributed by atoms with van der Waals surface area (Å²) < 4.78 is 11.7. The highest BCUT2D eigenvalue weighted by molar-refractivity contribution is 7.33. The normalized spacial score (nSPS) is 14.0. The van der Waals surface area contributed by atoms with E-state index in [1.165, 1.54) is 86.8 Å². The van der Waals surface area contributed by atoms with Crippen LogP contribution in [-0.2, 0) is 16.2 Å². The van der Waals surface area contributed by atoms with E-state index in [9.17, 15) is 5.26 Å². The fraction of sp³-hybridized carbons (Fsp3) is 0.190. The third-order valence-corrected chi connectivity index (χ3v) is 16.7. The van der Waals surface area contributed by atoms with Gasteiger partial charge in [-0.3, -0.25) is 0 Å². The lowest BCUT2D eigenvalue weighted by Gasteiger charge is -2.46. The predicted octanol–water partition coefficient (Wildman–Crippen LogP) is 15.7. The predicted molar refractivity (Wildman–Crippen MR) is 297 cm³/mol. The summed E-state index contributed by atoms with van der Waals surface area (Å²) in [6, 6.07) is 56.7. The first kappa shape index (κ1) is 41.4. The van der Waals surface area contributed by atoms with Crippen LogP contribution >= 0.6 is 11.3 Å². The fourth-order valence-corrected chi connectivity index (χ4v) is 13.2. The highest BCUT2D eigenvalue weighted by Gasteiger charge is 2.49. The van der Waals surface area contributed by atoms with Crippen molar-refractivity contribution in [3.63, 3.8) is 0 Å². The molecule has 3 aromatic heterocycles. The molecule has 0 saturated heterocycles. The van der Waals surface area contributed by atoms with Gasteiger partial charge < -0.3 is 18.8 Å². The zero-order valence-electron chi connectivity index (χ0n) is 41.0. The highest BCUT2D eigenvalue weighted by Crippen LogP contribution is 2.56. The largest absolute Gasteiger partial charge is 0.456 e. The molecule has 0 atom stereocenters. The molecule has 7 heteroatoms. The summed E-state index contributed by atoms with van der Waals surface area (Å²) in [6.07, 6.45) is 0. The number of hydrogen-bond donors (Lipinski definition) is 0. The van der Waals surface area contributed by atoms with Crippen molar-refractivity contribution < 1.29 is 4.42 Å². The van der Waals surface area contributed by atoms with E-state index in [4.69, 9.17) is 4.42 Å². The molecule has 0 bridgehead atoms. The van der Waals surface area contributed by atoms with Crippen LogP contribution in [0.25, 0.3) is 70.6 Å². The minimum absolute atomic E-state index is 0.0250. The zero-order chi connectivity index (χ0) is 47.9. The molecule has 5 nitrogen and oxygen atoms in total. The molecule has 3 aliphatic rings. The van der Waals surface area contributed by atoms with Crippen molar-refractivity contribution in [2.24, 2.45) is 0 Å². The second-order valence-electron chi connectivity index (χ2n) is 23.0. The lowest BCUT2D eigenvalue weighted by atomic mass is 9.35. The maximum absolute atomic E-state index is 11.2. The van der Waals surface area contributed by atoms with E-state index < -0.39 is 0 Å². The van der Waals surface area contributed by atoms with E-state index in [1.54, 1.807) is 0 Å². The molecule has 14 rings (SSSR count).